The van der Waals surface area contributed by atoms with Crippen molar-refractivity contribution < 1.29 is 8.83 Å². The maximum Gasteiger partial charge on any atom is 0.143 e. The Morgan fingerprint density at radius 1 is 0.321 bits per heavy atom. The monoisotopic (exact) mass is 677 g/mol. The van der Waals surface area contributed by atoms with Crippen LogP contribution < -0.4 is 4.90 Å². The third kappa shape index (κ3) is 4.54. The van der Waals surface area contributed by atoms with Crippen molar-refractivity contribution >= 4 is 82.5 Å². The number of fused-ring (bicyclic) bond motifs is 9. The molecular weight excluding hydrogens is 647 g/mol. The van der Waals surface area contributed by atoms with Gasteiger partial charge in [0.25, 0.3) is 0 Å². The number of hydrogen-bond acceptors (Lipinski definition) is 3. The van der Waals surface area contributed by atoms with E-state index in [2.05, 4.69) is 193 Å². The number of furan rings is 2. The highest BCUT2D eigenvalue weighted by Crippen LogP contribution is 2.48. The molecule has 0 aliphatic carbocycles. The highest BCUT2D eigenvalue weighted by Gasteiger charge is 2.23. The van der Waals surface area contributed by atoms with E-state index in [4.69, 9.17) is 8.83 Å². The summed E-state index contributed by atoms with van der Waals surface area (Å²) < 4.78 is 13.7. The van der Waals surface area contributed by atoms with Crippen LogP contribution in [-0.4, -0.2) is 0 Å². The zero-order valence-electron chi connectivity index (χ0n) is 28.7. The molecule has 0 atom stereocenters. The number of anilines is 3. The molecular formula is C50H31NO2. The van der Waals surface area contributed by atoms with Gasteiger partial charge in [-0.25, -0.2) is 0 Å². The fourth-order valence-corrected chi connectivity index (χ4v) is 8.36. The van der Waals surface area contributed by atoms with Crippen molar-refractivity contribution in [3.63, 3.8) is 0 Å². The van der Waals surface area contributed by atoms with E-state index in [1.54, 1.807) is 0 Å². The van der Waals surface area contributed by atoms with Crippen LogP contribution in [0.4, 0.5) is 17.1 Å². The highest BCUT2D eigenvalue weighted by molar-refractivity contribution is 6.24. The largest absolute Gasteiger partial charge is 0.455 e. The van der Waals surface area contributed by atoms with Crippen LogP contribution in [0.3, 0.4) is 0 Å². The molecule has 0 saturated carbocycles. The van der Waals surface area contributed by atoms with E-state index in [9.17, 15) is 0 Å². The molecule has 9 aromatic carbocycles. The van der Waals surface area contributed by atoms with E-state index in [0.717, 1.165) is 82.8 Å². The standard InChI is InChI=1S/C50H31NO2/c1-3-17-33(18-4-1)51(34-19-5-2-6-20-34)44-28-14-30-46-48(44)43-31-42(37-22-9-10-23-39(37)50(43)53-46)40-26-12-27-41-47-38(25-13-29-45(47)52-49(40)41)36-24-11-16-32-15-7-8-21-35(32)36/h1-31H. The van der Waals surface area contributed by atoms with Gasteiger partial charge in [-0.1, -0.05) is 140 Å². The SMILES string of the molecule is c1ccc(N(c2ccccc2)c2cccc3oc4c5ccccc5c(-c5cccc6c5oc5cccc(-c7cccc8ccccc78)c56)cc4c23)cc1. The van der Waals surface area contributed by atoms with Crippen LogP contribution in [-0.2, 0) is 0 Å². The molecule has 53 heavy (non-hydrogen) atoms. The Morgan fingerprint density at radius 2 is 0.868 bits per heavy atom. The summed E-state index contributed by atoms with van der Waals surface area (Å²) in [7, 11) is 0. The van der Waals surface area contributed by atoms with Gasteiger partial charge in [0, 0.05) is 38.5 Å². The number of nitrogens with zero attached hydrogens (tertiary/aromatic N) is 1. The average Bonchev–Trinajstić information content (AvgIpc) is 3.81. The molecule has 248 valence electrons. The van der Waals surface area contributed by atoms with E-state index in [1.807, 2.05) is 0 Å². The van der Waals surface area contributed by atoms with E-state index in [-0.39, 0.29) is 0 Å². The normalized spacial score (nSPS) is 11.8. The Bertz CT molecular complexity index is 3130. The Labute approximate surface area is 305 Å². The molecule has 0 fully saturated rings. The van der Waals surface area contributed by atoms with Gasteiger partial charge in [0.1, 0.15) is 22.3 Å². The molecule has 0 bridgehead atoms. The summed E-state index contributed by atoms with van der Waals surface area (Å²) in [5, 5.41) is 8.99. The molecule has 2 aromatic heterocycles. The first-order chi connectivity index (χ1) is 26.3. The Kier molecular flexibility index (Phi) is 6.55. The second-order valence-electron chi connectivity index (χ2n) is 13.6. The first kappa shape index (κ1) is 29.6. The lowest BCUT2D eigenvalue weighted by Gasteiger charge is -2.26. The smallest absolute Gasteiger partial charge is 0.143 e. The molecule has 0 radical (unpaired) electrons. The molecule has 3 nitrogen and oxygen atoms in total. The molecule has 0 aliphatic heterocycles. The topological polar surface area (TPSA) is 29.5 Å². The molecule has 0 spiro atoms. The molecule has 11 aromatic rings. The maximum atomic E-state index is 6.89. The summed E-state index contributed by atoms with van der Waals surface area (Å²) in [6.45, 7) is 0. The minimum Gasteiger partial charge on any atom is -0.455 e. The van der Waals surface area contributed by atoms with Crippen molar-refractivity contribution in [2.24, 2.45) is 0 Å². The maximum absolute atomic E-state index is 6.89. The Hall–Kier alpha value is -7.10. The fraction of sp³-hybridized carbons (Fsp3) is 0. The van der Waals surface area contributed by atoms with Gasteiger partial charge in [-0.3, -0.25) is 0 Å². The minimum atomic E-state index is 0.846. The second-order valence-corrected chi connectivity index (χ2v) is 13.6. The molecule has 3 heteroatoms. The molecule has 0 amide bonds. The predicted molar refractivity (Wildman–Crippen MR) is 222 cm³/mol. The summed E-state index contributed by atoms with van der Waals surface area (Å²) in [6.07, 6.45) is 0. The van der Waals surface area contributed by atoms with Crippen LogP contribution in [0.1, 0.15) is 0 Å². The van der Waals surface area contributed by atoms with Gasteiger partial charge in [0.15, 0.2) is 0 Å². The van der Waals surface area contributed by atoms with Crippen molar-refractivity contribution in [1.29, 1.82) is 0 Å². The summed E-state index contributed by atoms with van der Waals surface area (Å²) in [6, 6.07) is 66.4. The van der Waals surface area contributed by atoms with Gasteiger partial charge in [-0.15, -0.1) is 0 Å². The van der Waals surface area contributed by atoms with Crippen LogP contribution in [0, 0.1) is 0 Å². The van der Waals surface area contributed by atoms with Crippen molar-refractivity contribution in [3.8, 4) is 22.3 Å². The van der Waals surface area contributed by atoms with Gasteiger partial charge in [-0.05, 0) is 81.4 Å². The summed E-state index contributed by atoms with van der Waals surface area (Å²) in [5.41, 5.74) is 11.2. The second kappa shape index (κ2) is 11.7. The van der Waals surface area contributed by atoms with Gasteiger partial charge in [0.05, 0.1) is 11.1 Å². The van der Waals surface area contributed by atoms with Gasteiger partial charge >= 0.3 is 0 Å². The number of para-hydroxylation sites is 3. The van der Waals surface area contributed by atoms with Crippen LogP contribution in [0.5, 0.6) is 0 Å². The average molecular weight is 678 g/mol. The Balaban J connectivity index is 1.20. The lowest BCUT2D eigenvalue weighted by Crippen LogP contribution is -2.09. The molecule has 0 saturated heterocycles. The summed E-state index contributed by atoms with van der Waals surface area (Å²) in [4.78, 5) is 2.32. The number of rotatable bonds is 5. The van der Waals surface area contributed by atoms with Crippen molar-refractivity contribution in [2.75, 3.05) is 4.90 Å². The zero-order valence-corrected chi connectivity index (χ0v) is 28.7. The van der Waals surface area contributed by atoms with Gasteiger partial charge < -0.3 is 13.7 Å². The summed E-state index contributed by atoms with van der Waals surface area (Å²) >= 11 is 0. The molecule has 2 heterocycles. The Morgan fingerprint density at radius 3 is 1.66 bits per heavy atom. The van der Waals surface area contributed by atoms with E-state index in [0.29, 0.717) is 0 Å². The minimum absolute atomic E-state index is 0.846. The predicted octanol–water partition coefficient (Wildman–Crippen LogP) is 14.6. The first-order valence-electron chi connectivity index (χ1n) is 18.0. The molecule has 11 rings (SSSR count). The van der Waals surface area contributed by atoms with Crippen molar-refractivity contribution in [1.82, 2.24) is 0 Å². The van der Waals surface area contributed by atoms with Crippen LogP contribution in [0.25, 0.3) is 87.7 Å². The van der Waals surface area contributed by atoms with Gasteiger partial charge in [0.2, 0.25) is 0 Å². The molecule has 0 N–H and O–H groups in total. The van der Waals surface area contributed by atoms with Crippen molar-refractivity contribution in [2.45, 2.75) is 0 Å². The lowest BCUT2D eigenvalue weighted by atomic mass is 9.92. The van der Waals surface area contributed by atoms with E-state index in [1.165, 1.54) is 21.9 Å². The number of hydrogen-bond donors (Lipinski definition) is 0. The first-order valence-corrected chi connectivity index (χ1v) is 18.0. The van der Waals surface area contributed by atoms with Gasteiger partial charge in [-0.2, -0.15) is 0 Å². The molecule has 0 unspecified atom stereocenters. The van der Waals surface area contributed by atoms with E-state index >= 15 is 0 Å². The summed E-state index contributed by atoms with van der Waals surface area (Å²) in [5.74, 6) is 0. The third-order valence-electron chi connectivity index (χ3n) is 10.6. The van der Waals surface area contributed by atoms with E-state index < -0.39 is 0 Å². The van der Waals surface area contributed by atoms with Crippen LogP contribution >= 0.6 is 0 Å². The molecule has 0 aliphatic rings. The highest BCUT2D eigenvalue weighted by atomic mass is 16.3. The fourth-order valence-electron chi connectivity index (χ4n) is 8.36. The van der Waals surface area contributed by atoms with Crippen LogP contribution in [0.15, 0.2) is 197 Å². The quantitative estimate of drug-likeness (QED) is 0.182. The lowest BCUT2D eigenvalue weighted by molar-refractivity contribution is 0.670. The zero-order chi connectivity index (χ0) is 34.9. The number of benzene rings is 9. The van der Waals surface area contributed by atoms with Crippen molar-refractivity contribution in [3.05, 3.63) is 188 Å². The van der Waals surface area contributed by atoms with Crippen LogP contribution in [0.2, 0.25) is 0 Å². The third-order valence-corrected chi connectivity index (χ3v) is 10.6.